The van der Waals surface area contributed by atoms with Crippen LogP contribution in [-0.4, -0.2) is 47.2 Å². The fourth-order valence-electron chi connectivity index (χ4n) is 3.56. The Labute approximate surface area is 192 Å². The highest BCUT2D eigenvalue weighted by atomic mass is 32.2. The number of aromatic nitrogens is 6. The van der Waals surface area contributed by atoms with E-state index in [1.54, 1.807) is 23.7 Å². The molecule has 4 aromatic rings. The van der Waals surface area contributed by atoms with Gasteiger partial charge in [0.05, 0.1) is 29.1 Å². The van der Waals surface area contributed by atoms with E-state index >= 15 is 0 Å². The smallest absolute Gasteiger partial charge is 0.237 e. The molecule has 1 aliphatic rings. The maximum Gasteiger partial charge on any atom is 0.237 e. The predicted octanol–water partition coefficient (Wildman–Crippen LogP) is 3.97. The van der Waals surface area contributed by atoms with Crippen molar-refractivity contribution in [3.8, 4) is 16.4 Å². The molecule has 1 saturated heterocycles. The first-order valence-corrected chi connectivity index (χ1v) is 12.3. The summed E-state index contributed by atoms with van der Waals surface area (Å²) >= 11 is 3.03. The van der Waals surface area contributed by atoms with Gasteiger partial charge in [0.1, 0.15) is 0 Å². The van der Waals surface area contributed by atoms with Crippen LogP contribution in [0.3, 0.4) is 0 Å². The van der Waals surface area contributed by atoms with Crippen LogP contribution in [-0.2, 0) is 17.1 Å². The fourth-order valence-corrected chi connectivity index (χ4v) is 5.02. The Bertz CT molecular complexity index is 1170. The maximum absolute atomic E-state index is 12.5. The number of carbonyl (C=O) groups is 1. The number of thiophene rings is 1. The van der Waals surface area contributed by atoms with Gasteiger partial charge in [0, 0.05) is 19.2 Å². The van der Waals surface area contributed by atoms with Gasteiger partial charge in [0.15, 0.2) is 11.0 Å². The lowest BCUT2D eigenvalue weighted by Crippen LogP contribution is -2.31. The molecule has 0 radical (unpaired) electrons. The third-order valence-corrected chi connectivity index (χ3v) is 6.92. The van der Waals surface area contributed by atoms with Gasteiger partial charge >= 0.3 is 0 Å². The van der Waals surface area contributed by atoms with E-state index in [2.05, 4.69) is 25.3 Å². The first kappa shape index (κ1) is 20.8. The van der Waals surface area contributed by atoms with Crippen molar-refractivity contribution in [2.24, 2.45) is 0 Å². The van der Waals surface area contributed by atoms with E-state index in [0.29, 0.717) is 41.4 Å². The summed E-state index contributed by atoms with van der Waals surface area (Å²) in [4.78, 5) is 24.1. The van der Waals surface area contributed by atoms with E-state index in [1.807, 2.05) is 39.1 Å². The number of pyridine rings is 1. The van der Waals surface area contributed by atoms with Gasteiger partial charge in [0.2, 0.25) is 17.6 Å². The van der Waals surface area contributed by atoms with Crippen LogP contribution in [0.15, 0.2) is 51.7 Å². The van der Waals surface area contributed by atoms with Crippen LogP contribution in [0.4, 0.5) is 0 Å². The minimum Gasteiger partial charge on any atom is -0.338 e. The number of rotatable bonds is 7. The molecule has 1 fully saturated rings. The van der Waals surface area contributed by atoms with E-state index in [9.17, 15) is 4.79 Å². The zero-order valence-electron chi connectivity index (χ0n) is 17.3. The van der Waals surface area contributed by atoms with E-state index in [-0.39, 0.29) is 5.91 Å². The molecule has 4 aromatic heterocycles. The Morgan fingerprint density at radius 1 is 1.16 bits per heavy atom. The molecule has 164 valence electrons. The molecule has 0 aliphatic carbocycles. The lowest BCUT2D eigenvalue weighted by atomic mass is 10.2. The Morgan fingerprint density at radius 3 is 2.97 bits per heavy atom. The molecule has 0 spiro atoms. The van der Waals surface area contributed by atoms with Crippen LogP contribution in [0.25, 0.3) is 16.4 Å². The minimum atomic E-state index is 0.171. The summed E-state index contributed by atoms with van der Waals surface area (Å²) in [6.45, 7) is 1.17. The highest BCUT2D eigenvalue weighted by molar-refractivity contribution is 7.98. The normalized spacial score (nSPS) is 14.6. The van der Waals surface area contributed by atoms with Crippen molar-refractivity contribution < 1.29 is 9.32 Å². The van der Waals surface area contributed by atoms with Gasteiger partial charge in [-0.05, 0) is 36.4 Å². The average Bonchev–Trinajstić information content (AvgIpc) is 3.55. The zero-order chi connectivity index (χ0) is 21.8. The van der Waals surface area contributed by atoms with E-state index < -0.39 is 0 Å². The minimum absolute atomic E-state index is 0.171. The van der Waals surface area contributed by atoms with Crippen LogP contribution in [0.5, 0.6) is 0 Å². The summed E-state index contributed by atoms with van der Waals surface area (Å²) in [7, 11) is 0. The number of nitrogens with zero attached hydrogens (tertiary/aromatic N) is 7. The summed E-state index contributed by atoms with van der Waals surface area (Å²) in [5, 5.41) is 15.5. The summed E-state index contributed by atoms with van der Waals surface area (Å²) in [5.41, 5.74) is 0.849. The van der Waals surface area contributed by atoms with Crippen molar-refractivity contribution in [3.05, 3.63) is 53.8 Å². The van der Waals surface area contributed by atoms with Gasteiger partial charge in [-0.25, -0.2) is 0 Å². The molecule has 5 rings (SSSR count). The van der Waals surface area contributed by atoms with E-state index in [0.717, 1.165) is 36.4 Å². The van der Waals surface area contributed by atoms with Gasteiger partial charge in [-0.1, -0.05) is 29.4 Å². The summed E-state index contributed by atoms with van der Waals surface area (Å²) < 4.78 is 7.36. The van der Waals surface area contributed by atoms with Gasteiger partial charge < -0.3 is 9.42 Å². The predicted molar refractivity (Wildman–Crippen MR) is 120 cm³/mol. The summed E-state index contributed by atoms with van der Waals surface area (Å²) in [6.07, 6.45) is 7.12. The second kappa shape index (κ2) is 9.61. The SMILES string of the molecule is O=C1CCCCCN1Cc1nnc(SCc2nc(-c3cccs3)no2)n1-c1cccnc1. The lowest BCUT2D eigenvalue weighted by molar-refractivity contribution is -0.131. The van der Waals surface area contributed by atoms with Gasteiger partial charge in [-0.2, -0.15) is 4.98 Å². The Balaban J connectivity index is 1.38. The third kappa shape index (κ3) is 4.58. The van der Waals surface area contributed by atoms with Crippen molar-refractivity contribution >= 4 is 29.0 Å². The van der Waals surface area contributed by atoms with Crippen LogP contribution in [0.1, 0.15) is 37.4 Å². The van der Waals surface area contributed by atoms with E-state index in [4.69, 9.17) is 4.52 Å². The van der Waals surface area contributed by atoms with Crippen molar-refractivity contribution in [2.45, 2.75) is 43.1 Å². The molecule has 0 bridgehead atoms. The number of likely N-dealkylation sites (tertiary alicyclic amines) is 1. The molecule has 0 aromatic carbocycles. The molecule has 0 N–H and O–H groups in total. The topological polar surface area (TPSA) is 103 Å². The largest absolute Gasteiger partial charge is 0.338 e. The molecule has 1 amide bonds. The molecule has 1 aliphatic heterocycles. The van der Waals surface area contributed by atoms with Crippen molar-refractivity contribution in [1.29, 1.82) is 0 Å². The molecule has 0 atom stereocenters. The third-order valence-electron chi connectivity index (χ3n) is 5.14. The van der Waals surface area contributed by atoms with Crippen LogP contribution < -0.4 is 0 Å². The molecular weight excluding hydrogens is 446 g/mol. The average molecular weight is 468 g/mol. The molecule has 0 saturated carbocycles. The monoisotopic (exact) mass is 467 g/mol. The number of amides is 1. The molecule has 9 nitrogen and oxygen atoms in total. The molecule has 5 heterocycles. The van der Waals surface area contributed by atoms with E-state index in [1.165, 1.54) is 11.8 Å². The molecule has 0 unspecified atom stereocenters. The standard InChI is InChI=1S/C21H21N7O2S2/c29-19-8-2-1-3-10-27(19)13-17-24-25-21(28(17)15-6-4-9-22-12-15)32-14-18-23-20(26-30-18)16-7-5-11-31-16/h4-7,9,11-12H,1-3,8,10,13-14H2. The quantitative estimate of drug-likeness (QED) is 0.376. The number of hydrogen-bond donors (Lipinski definition) is 0. The zero-order valence-corrected chi connectivity index (χ0v) is 18.9. The number of thioether (sulfide) groups is 1. The van der Waals surface area contributed by atoms with Crippen LogP contribution in [0.2, 0.25) is 0 Å². The van der Waals surface area contributed by atoms with Gasteiger partial charge in [0.25, 0.3) is 0 Å². The highest BCUT2D eigenvalue weighted by Crippen LogP contribution is 2.27. The second-order valence-electron chi connectivity index (χ2n) is 7.35. The summed E-state index contributed by atoms with van der Waals surface area (Å²) in [6, 6.07) is 7.74. The van der Waals surface area contributed by atoms with Crippen LogP contribution in [0, 0.1) is 0 Å². The number of hydrogen-bond acceptors (Lipinski definition) is 9. The first-order chi connectivity index (χ1) is 15.8. The summed E-state index contributed by atoms with van der Waals surface area (Å²) in [5.74, 6) is 2.44. The number of carbonyl (C=O) groups excluding carboxylic acids is 1. The second-order valence-corrected chi connectivity index (χ2v) is 9.24. The Morgan fingerprint density at radius 2 is 2.12 bits per heavy atom. The van der Waals surface area contributed by atoms with Crippen molar-refractivity contribution in [2.75, 3.05) is 6.54 Å². The van der Waals surface area contributed by atoms with Crippen LogP contribution >= 0.6 is 23.1 Å². The Kier molecular flexibility index (Phi) is 6.26. The Hall–Kier alpha value is -3.05. The van der Waals surface area contributed by atoms with Crippen molar-refractivity contribution in [1.82, 2.24) is 34.8 Å². The highest BCUT2D eigenvalue weighted by Gasteiger charge is 2.22. The maximum atomic E-state index is 12.5. The first-order valence-electron chi connectivity index (χ1n) is 10.4. The molecule has 11 heteroatoms. The van der Waals surface area contributed by atoms with Gasteiger partial charge in [-0.3, -0.25) is 14.3 Å². The fraction of sp³-hybridized carbons (Fsp3) is 0.333. The van der Waals surface area contributed by atoms with Crippen molar-refractivity contribution in [3.63, 3.8) is 0 Å². The van der Waals surface area contributed by atoms with Gasteiger partial charge in [-0.15, -0.1) is 21.5 Å². The molecule has 32 heavy (non-hydrogen) atoms. The lowest BCUT2D eigenvalue weighted by Gasteiger charge is -2.20. The molecular formula is C21H21N7O2S2.